The van der Waals surface area contributed by atoms with E-state index in [-0.39, 0.29) is 12.3 Å². The van der Waals surface area contributed by atoms with E-state index in [1.165, 1.54) is 36.9 Å². The Balaban J connectivity index is 1.74. The number of carbonyl (C=O) groups is 2. The number of H-pyrrole nitrogens is 1. The fraction of sp³-hybridized carbons (Fsp3) is 0.625. The van der Waals surface area contributed by atoms with Crippen molar-refractivity contribution < 1.29 is 19.4 Å². The zero-order valence-electron chi connectivity index (χ0n) is 19.7. The molecule has 0 aromatic carbocycles. The van der Waals surface area contributed by atoms with Gasteiger partial charge in [-0.1, -0.05) is 38.2 Å². The molecule has 2 amide bonds. The van der Waals surface area contributed by atoms with Crippen molar-refractivity contribution in [1.29, 1.82) is 0 Å². The molecule has 0 bridgehead atoms. The second-order valence-electron chi connectivity index (χ2n) is 9.78. The molecule has 4 N–H and O–H groups in total. The van der Waals surface area contributed by atoms with Crippen molar-refractivity contribution in [3.8, 4) is 0 Å². The van der Waals surface area contributed by atoms with Crippen molar-refractivity contribution >= 4 is 23.3 Å². The minimum atomic E-state index is -0.882. The van der Waals surface area contributed by atoms with Gasteiger partial charge < -0.3 is 25.5 Å². The number of alkyl carbamates (subject to hydrolysis) is 1. The van der Waals surface area contributed by atoms with Crippen molar-refractivity contribution in [2.45, 2.75) is 89.5 Å². The molecule has 0 spiro atoms. The number of aliphatic hydroxyl groups excluding tert-OH is 1. The van der Waals surface area contributed by atoms with E-state index >= 15 is 0 Å². The van der Waals surface area contributed by atoms with Crippen LogP contribution in [0.15, 0.2) is 30.0 Å². The van der Waals surface area contributed by atoms with Crippen LogP contribution in [0, 0.1) is 5.92 Å². The molecule has 182 valence electrons. The van der Waals surface area contributed by atoms with Gasteiger partial charge in [0.05, 0.1) is 18.1 Å². The van der Waals surface area contributed by atoms with Crippen LogP contribution in [0.4, 0.5) is 4.79 Å². The van der Waals surface area contributed by atoms with E-state index in [2.05, 4.69) is 20.6 Å². The van der Waals surface area contributed by atoms with Gasteiger partial charge in [0.1, 0.15) is 17.7 Å². The molecule has 2 aromatic heterocycles. The van der Waals surface area contributed by atoms with Crippen LogP contribution in [0.3, 0.4) is 0 Å². The van der Waals surface area contributed by atoms with E-state index in [0.717, 1.165) is 17.7 Å². The maximum atomic E-state index is 13.4. The van der Waals surface area contributed by atoms with Crippen LogP contribution in [0.5, 0.6) is 0 Å². The number of aromatic amines is 1. The van der Waals surface area contributed by atoms with Crippen LogP contribution < -0.4 is 10.6 Å². The Labute approximate surface area is 199 Å². The summed E-state index contributed by atoms with van der Waals surface area (Å²) >= 11 is 1.47. The van der Waals surface area contributed by atoms with Crippen LogP contribution in [0.25, 0.3) is 0 Å². The molecule has 0 unspecified atom stereocenters. The summed E-state index contributed by atoms with van der Waals surface area (Å²) in [5.41, 5.74) is -0.0371. The zero-order valence-corrected chi connectivity index (χ0v) is 20.5. The molecule has 1 fully saturated rings. The molecule has 0 radical (unpaired) electrons. The summed E-state index contributed by atoms with van der Waals surface area (Å²) in [6.45, 7) is 5.31. The van der Waals surface area contributed by atoms with Crippen molar-refractivity contribution in [1.82, 2.24) is 20.6 Å². The predicted octanol–water partition coefficient (Wildman–Crippen LogP) is 4.10. The molecule has 33 heavy (non-hydrogen) atoms. The van der Waals surface area contributed by atoms with Gasteiger partial charge in [-0.3, -0.25) is 4.79 Å². The Kier molecular flexibility index (Phi) is 8.91. The summed E-state index contributed by atoms with van der Waals surface area (Å²) in [5.74, 6) is 0.0996. The molecule has 1 aliphatic rings. The van der Waals surface area contributed by atoms with Crippen LogP contribution in [-0.4, -0.2) is 44.8 Å². The van der Waals surface area contributed by atoms with E-state index in [1.54, 1.807) is 27.0 Å². The minimum absolute atomic E-state index is 0.208. The van der Waals surface area contributed by atoms with Gasteiger partial charge in [0.2, 0.25) is 5.91 Å². The Morgan fingerprint density at radius 3 is 2.64 bits per heavy atom. The van der Waals surface area contributed by atoms with Gasteiger partial charge in [-0.05, 0) is 44.6 Å². The molecule has 2 heterocycles. The summed E-state index contributed by atoms with van der Waals surface area (Å²) in [4.78, 5) is 33.7. The standard InChI is InChI=1S/C24H36N4O4S/c1-24(2,3)32-23(31)28-19(13-17-14-25-15-26-17)22(30)27-18(12-16-8-5-4-6-9-16)21(29)20-10-7-11-33-20/h7,10-11,14-16,18-19,21,29H,4-6,8-9,12-13H2,1-3H3,(H,25,26)(H,27,30)(H,28,31)/t18-,19+,21+/m1/s1. The van der Waals surface area contributed by atoms with Crippen molar-refractivity contribution in [3.05, 3.63) is 40.6 Å². The first-order valence-corrected chi connectivity index (χ1v) is 12.6. The molecule has 0 aliphatic heterocycles. The number of nitrogens with zero attached hydrogens (tertiary/aromatic N) is 1. The van der Waals surface area contributed by atoms with Gasteiger partial charge in [-0.25, -0.2) is 9.78 Å². The third kappa shape index (κ3) is 8.16. The first-order chi connectivity index (χ1) is 15.7. The molecular weight excluding hydrogens is 440 g/mol. The summed E-state index contributed by atoms with van der Waals surface area (Å²) in [6, 6.07) is 2.46. The largest absolute Gasteiger partial charge is 0.444 e. The Morgan fingerprint density at radius 1 is 1.27 bits per heavy atom. The van der Waals surface area contributed by atoms with Gasteiger partial charge >= 0.3 is 6.09 Å². The lowest BCUT2D eigenvalue weighted by molar-refractivity contribution is -0.125. The number of ether oxygens (including phenoxy) is 1. The third-order valence-corrected chi connectivity index (χ3v) is 6.77. The van der Waals surface area contributed by atoms with Crippen molar-refractivity contribution in [3.63, 3.8) is 0 Å². The number of nitrogens with one attached hydrogen (secondary N) is 3. The highest BCUT2D eigenvalue weighted by Gasteiger charge is 2.31. The minimum Gasteiger partial charge on any atom is -0.444 e. The first kappa shape index (κ1) is 25.2. The SMILES string of the molecule is CC(C)(C)OC(=O)N[C@@H](Cc1c[nH]cn1)C(=O)N[C@H](CC1CCCCC1)[C@H](O)c1cccs1. The number of aromatic nitrogens is 2. The highest BCUT2D eigenvalue weighted by Crippen LogP contribution is 2.32. The van der Waals surface area contributed by atoms with Crippen molar-refractivity contribution in [2.24, 2.45) is 5.92 Å². The third-order valence-electron chi connectivity index (χ3n) is 5.83. The van der Waals surface area contributed by atoms with Crippen LogP contribution >= 0.6 is 11.3 Å². The molecule has 2 aromatic rings. The average Bonchev–Trinajstić information content (AvgIpc) is 3.46. The van der Waals surface area contributed by atoms with Crippen molar-refractivity contribution in [2.75, 3.05) is 0 Å². The zero-order chi connectivity index (χ0) is 23.8. The predicted molar refractivity (Wildman–Crippen MR) is 128 cm³/mol. The highest BCUT2D eigenvalue weighted by molar-refractivity contribution is 7.10. The molecule has 1 aliphatic carbocycles. The lowest BCUT2D eigenvalue weighted by Gasteiger charge is -2.31. The lowest BCUT2D eigenvalue weighted by Crippen LogP contribution is -2.53. The van der Waals surface area contributed by atoms with Gasteiger partial charge in [0.15, 0.2) is 0 Å². The smallest absolute Gasteiger partial charge is 0.408 e. The topological polar surface area (TPSA) is 116 Å². The van der Waals surface area contributed by atoms with E-state index in [1.807, 2.05) is 17.5 Å². The second kappa shape index (κ2) is 11.7. The molecule has 0 saturated heterocycles. The monoisotopic (exact) mass is 476 g/mol. The number of rotatable bonds is 9. The maximum absolute atomic E-state index is 13.4. The fourth-order valence-corrected chi connectivity index (χ4v) is 5.04. The van der Waals surface area contributed by atoms with Gasteiger partial charge in [0.25, 0.3) is 0 Å². The van der Waals surface area contributed by atoms with Crippen LogP contribution in [0.1, 0.15) is 76.0 Å². The maximum Gasteiger partial charge on any atom is 0.408 e. The van der Waals surface area contributed by atoms with Gasteiger partial charge in [-0.2, -0.15) is 0 Å². The Morgan fingerprint density at radius 2 is 2.03 bits per heavy atom. The first-order valence-electron chi connectivity index (χ1n) is 11.7. The summed E-state index contributed by atoms with van der Waals surface area (Å²) in [6.07, 6.45) is 8.49. The summed E-state index contributed by atoms with van der Waals surface area (Å²) in [7, 11) is 0. The van der Waals surface area contributed by atoms with E-state index in [0.29, 0.717) is 18.0 Å². The van der Waals surface area contributed by atoms with E-state index < -0.39 is 29.9 Å². The molecule has 1 saturated carbocycles. The molecule has 8 nitrogen and oxygen atoms in total. The number of aliphatic hydroxyl groups is 1. The quantitative estimate of drug-likeness (QED) is 0.435. The molecule has 9 heteroatoms. The number of hydrogen-bond donors (Lipinski definition) is 4. The molecule has 3 atom stereocenters. The lowest BCUT2D eigenvalue weighted by atomic mass is 9.83. The Hall–Kier alpha value is -2.39. The number of amides is 2. The summed E-state index contributed by atoms with van der Waals surface area (Å²) < 4.78 is 5.36. The fourth-order valence-electron chi connectivity index (χ4n) is 4.26. The van der Waals surface area contributed by atoms with E-state index in [9.17, 15) is 14.7 Å². The number of carbonyl (C=O) groups excluding carboxylic acids is 2. The summed E-state index contributed by atoms with van der Waals surface area (Å²) in [5, 5.41) is 18.7. The van der Waals surface area contributed by atoms with Crippen LogP contribution in [0.2, 0.25) is 0 Å². The normalized spacial score (nSPS) is 17.7. The van der Waals surface area contributed by atoms with Gasteiger partial charge in [-0.15, -0.1) is 11.3 Å². The van der Waals surface area contributed by atoms with E-state index in [4.69, 9.17) is 4.74 Å². The second-order valence-corrected chi connectivity index (χ2v) is 10.8. The average molecular weight is 477 g/mol. The van der Waals surface area contributed by atoms with Gasteiger partial charge in [0, 0.05) is 17.5 Å². The van der Waals surface area contributed by atoms with Crippen LogP contribution in [-0.2, 0) is 16.0 Å². The highest BCUT2D eigenvalue weighted by atomic mass is 32.1. The molecular formula is C24H36N4O4S. The molecule has 3 rings (SSSR count). The number of hydrogen-bond acceptors (Lipinski definition) is 6. The number of thiophene rings is 1. The number of imidazole rings is 1. The Bertz CT molecular complexity index is 858.